The van der Waals surface area contributed by atoms with E-state index in [0.29, 0.717) is 17.6 Å². The summed E-state index contributed by atoms with van der Waals surface area (Å²) >= 11 is 1.36. The maximum atomic E-state index is 12.1. The molecule has 25 heavy (non-hydrogen) atoms. The number of nitrogens with one attached hydrogen (secondary N) is 1. The van der Waals surface area contributed by atoms with Crippen LogP contribution in [0.2, 0.25) is 0 Å². The van der Waals surface area contributed by atoms with Crippen molar-refractivity contribution in [1.29, 1.82) is 5.26 Å². The van der Waals surface area contributed by atoms with Crippen LogP contribution >= 0.6 is 11.8 Å². The molecule has 1 amide bonds. The quantitative estimate of drug-likeness (QED) is 0.799. The predicted octanol–water partition coefficient (Wildman–Crippen LogP) is 2.98. The third-order valence-corrected chi connectivity index (χ3v) is 5.17. The van der Waals surface area contributed by atoms with Crippen molar-refractivity contribution >= 4 is 23.4 Å². The number of rotatable bonds is 6. The Hall–Kier alpha value is -2.40. The van der Waals surface area contributed by atoms with Crippen molar-refractivity contribution in [2.45, 2.75) is 49.7 Å². The Bertz CT molecular complexity index is 745. The number of nitrogens with zero attached hydrogens (tertiary/aromatic N) is 5. The van der Waals surface area contributed by atoms with Gasteiger partial charge in [-0.3, -0.25) is 4.79 Å². The number of nitriles is 1. The largest absolute Gasteiger partial charge is 0.325 e. The van der Waals surface area contributed by atoms with Crippen molar-refractivity contribution in [1.82, 2.24) is 20.2 Å². The van der Waals surface area contributed by atoms with Gasteiger partial charge in [0.2, 0.25) is 11.1 Å². The zero-order chi connectivity index (χ0) is 17.5. The average molecular weight is 356 g/mol. The Morgan fingerprint density at radius 1 is 1.28 bits per heavy atom. The molecule has 1 aromatic carbocycles. The molecule has 2 aromatic rings. The molecule has 0 radical (unpaired) electrons. The van der Waals surface area contributed by atoms with Crippen LogP contribution in [0.3, 0.4) is 0 Å². The van der Waals surface area contributed by atoms with E-state index in [4.69, 9.17) is 5.26 Å². The minimum Gasteiger partial charge on any atom is -0.325 e. The molecule has 1 N–H and O–H groups in total. The molecule has 0 unspecified atom stereocenters. The number of anilines is 1. The van der Waals surface area contributed by atoms with Gasteiger partial charge in [-0.2, -0.15) is 5.26 Å². The third-order valence-electron chi connectivity index (χ3n) is 4.24. The second kappa shape index (κ2) is 8.62. The van der Waals surface area contributed by atoms with Gasteiger partial charge < -0.3 is 5.32 Å². The van der Waals surface area contributed by atoms with Crippen molar-refractivity contribution in [3.63, 3.8) is 0 Å². The van der Waals surface area contributed by atoms with Crippen LogP contribution in [0.1, 0.15) is 43.7 Å². The summed E-state index contributed by atoms with van der Waals surface area (Å²) in [5.74, 6) is 0.156. The zero-order valence-electron chi connectivity index (χ0n) is 13.9. The number of hydrogen-bond donors (Lipinski definition) is 1. The van der Waals surface area contributed by atoms with Crippen LogP contribution in [0.4, 0.5) is 5.69 Å². The highest BCUT2D eigenvalue weighted by atomic mass is 32.2. The molecule has 0 aliphatic heterocycles. The second-order valence-corrected chi connectivity index (χ2v) is 7.01. The van der Waals surface area contributed by atoms with Gasteiger partial charge in [0.15, 0.2) is 0 Å². The lowest BCUT2D eigenvalue weighted by atomic mass is 9.96. The summed E-state index contributed by atoms with van der Waals surface area (Å²) in [6, 6.07) is 9.75. The first-order valence-electron chi connectivity index (χ1n) is 8.42. The summed E-state index contributed by atoms with van der Waals surface area (Å²) < 4.78 is 1.87. The van der Waals surface area contributed by atoms with E-state index in [1.807, 2.05) is 16.8 Å². The van der Waals surface area contributed by atoms with Gasteiger partial charge in [0, 0.05) is 5.69 Å². The Morgan fingerprint density at radius 3 is 2.76 bits per heavy atom. The highest BCUT2D eigenvalue weighted by molar-refractivity contribution is 7.99. The van der Waals surface area contributed by atoms with Gasteiger partial charge in [0.1, 0.15) is 0 Å². The van der Waals surface area contributed by atoms with Gasteiger partial charge in [-0.1, -0.05) is 43.2 Å². The van der Waals surface area contributed by atoms with E-state index in [2.05, 4.69) is 26.9 Å². The van der Waals surface area contributed by atoms with Crippen LogP contribution in [0.5, 0.6) is 0 Å². The molecule has 1 heterocycles. The minimum atomic E-state index is -0.101. The normalized spacial score (nSPS) is 14.8. The smallest absolute Gasteiger partial charge is 0.234 e. The molecule has 1 aliphatic rings. The number of benzene rings is 1. The average Bonchev–Trinajstić information content (AvgIpc) is 3.11. The van der Waals surface area contributed by atoms with Gasteiger partial charge in [-0.05, 0) is 41.0 Å². The number of tetrazole rings is 1. The van der Waals surface area contributed by atoms with Gasteiger partial charge in [0.25, 0.3) is 0 Å². The molecule has 0 atom stereocenters. The van der Waals surface area contributed by atoms with Crippen LogP contribution in [0, 0.1) is 11.3 Å². The lowest BCUT2D eigenvalue weighted by Gasteiger charge is -2.21. The van der Waals surface area contributed by atoms with E-state index in [1.165, 1.54) is 31.0 Å². The van der Waals surface area contributed by atoms with Crippen LogP contribution in [-0.4, -0.2) is 31.9 Å². The maximum absolute atomic E-state index is 12.1. The first kappa shape index (κ1) is 17.4. The van der Waals surface area contributed by atoms with Gasteiger partial charge >= 0.3 is 0 Å². The summed E-state index contributed by atoms with van der Waals surface area (Å²) in [5.41, 5.74) is 1.65. The van der Waals surface area contributed by atoms with Crippen LogP contribution in [0.15, 0.2) is 29.4 Å². The lowest BCUT2D eigenvalue weighted by molar-refractivity contribution is -0.113. The van der Waals surface area contributed by atoms with Crippen LogP contribution in [0.25, 0.3) is 0 Å². The maximum Gasteiger partial charge on any atom is 0.234 e. The first-order chi connectivity index (χ1) is 12.3. The summed E-state index contributed by atoms with van der Waals surface area (Å²) in [5, 5.41) is 24.2. The molecule has 7 nitrogen and oxygen atoms in total. The minimum absolute atomic E-state index is 0.101. The lowest BCUT2D eigenvalue weighted by Crippen LogP contribution is -2.17. The van der Waals surface area contributed by atoms with Crippen LogP contribution in [-0.2, 0) is 11.2 Å². The van der Waals surface area contributed by atoms with Crippen molar-refractivity contribution < 1.29 is 4.79 Å². The van der Waals surface area contributed by atoms with Crippen molar-refractivity contribution in [2.75, 3.05) is 11.1 Å². The van der Waals surface area contributed by atoms with E-state index in [1.54, 1.807) is 12.1 Å². The van der Waals surface area contributed by atoms with E-state index in [0.717, 1.165) is 24.1 Å². The highest BCUT2D eigenvalue weighted by Gasteiger charge is 2.20. The summed E-state index contributed by atoms with van der Waals surface area (Å²) in [4.78, 5) is 12.1. The van der Waals surface area contributed by atoms with Crippen molar-refractivity contribution in [3.8, 4) is 6.07 Å². The number of aromatic nitrogens is 4. The van der Waals surface area contributed by atoms with Crippen molar-refractivity contribution in [2.24, 2.45) is 0 Å². The Morgan fingerprint density at radius 2 is 2.04 bits per heavy atom. The third kappa shape index (κ3) is 4.79. The second-order valence-electron chi connectivity index (χ2n) is 6.07. The molecule has 0 bridgehead atoms. The first-order valence-corrected chi connectivity index (χ1v) is 9.41. The Kier molecular flexibility index (Phi) is 6.01. The molecular weight excluding hydrogens is 336 g/mol. The molecule has 3 rings (SSSR count). The molecule has 1 saturated carbocycles. The monoisotopic (exact) mass is 356 g/mol. The Balaban J connectivity index is 1.52. The zero-order valence-corrected chi connectivity index (χ0v) is 14.7. The summed E-state index contributed by atoms with van der Waals surface area (Å²) in [6.07, 6.45) is 6.25. The molecule has 8 heteroatoms. The molecular formula is C17H20N6OS. The van der Waals surface area contributed by atoms with Crippen LogP contribution < -0.4 is 5.32 Å². The topological polar surface area (TPSA) is 96.5 Å². The molecule has 1 fully saturated rings. The number of amides is 1. The standard InChI is InChI=1S/C17H20N6OS/c18-11-10-13-6-8-14(9-7-13)19-16(24)12-25-17-20-21-22-23(17)15-4-2-1-3-5-15/h6-9,15H,1-5,10,12H2,(H,19,24). The van der Waals surface area contributed by atoms with E-state index >= 15 is 0 Å². The number of hydrogen-bond acceptors (Lipinski definition) is 6. The molecule has 0 saturated heterocycles. The number of thioether (sulfide) groups is 1. The van der Waals surface area contributed by atoms with Gasteiger partial charge in [0.05, 0.1) is 24.3 Å². The van der Waals surface area contributed by atoms with Crippen molar-refractivity contribution in [3.05, 3.63) is 29.8 Å². The Labute approximate surface area is 150 Å². The molecule has 1 aliphatic carbocycles. The fraction of sp³-hybridized carbons (Fsp3) is 0.471. The number of carbonyl (C=O) groups excluding carboxylic acids is 1. The fourth-order valence-corrected chi connectivity index (χ4v) is 3.70. The molecule has 0 spiro atoms. The predicted molar refractivity (Wildman–Crippen MR) is 95.1 cm³/mol. The summed E-state index contributed by atoms with van der Waals surface area (Å²) in [7, 11) is 0. The van der Waals surface area contributed by atoms with Gasteiger partial charge in [-0.25, -0.2) is 4.68 Å². The fourth-order valence-electron chi connectivity index (χ4n) is 2.96. The van der Waals surface area contributed by atoms with E-state index < -0.39 is 0 Å². The highest BCUT2D eigenvalue weighted by Crippen LogP contribution is 2.30. The van der Waals surface area contributed by atoms with E-state index in [-0.39, 0.29) is 11.7 Å². The number of carbonyl (C=O) groups is 1. The SMILES string of the molecule is N#CCc1ccc(NC(=O)CSc2nnnn2C2CCCCC2)cc1. The van der Waals surface area contributed by atoms with Gasteiger partial charge in [-0.15, -0.1) is 5.10 Å². The van der Waals surface area contributed by atoms with E-state index in [9.17, 15) is 4.79 Å². The molecule has 1 aromatic heterocycles. The molecule has 130 valence electrons. The summed E-state index contributed by atoms with van der Waals surface area (Å²) in [6.45, 7) is 0.